The summed E-state index contributed by atoms with van der Waals surface area (Å²) in [5.74, 6) is -2.69. The van der Waals surface area contributed by atoms with Crippen LogP contribution in [-0.2, 0) is 24.8 Å². The molecule has 0 saturated carbocycles. The van der Waals surface area contributed by atoms with E-state index in [1.54, 1.807) is 24.3 Å². The van der Waals surface area contributed by atoms with E-state index in [2.05, 4.69) is 16.0 Å². The Morgan fingerprint density at radius 3 is 2.21 bits per heavy atom. The molecule has 1 fully saturated rings. The summed E-state index contributed by atoms with van der Waals surface area (Å²) in [6, 6.07) is 13.0. The fourth-order valence-electron chi connectivity index (χ4n) is 4.53. The Hall–Kier alpha value is -3.56. The van der Waals surface area contributed by atoms with E-state index in [9.17, 15) is 29.4 Å². The number of amides is 3. The number of fused-ring (bicyclic) bond motifs is 3. The molecule has 0 bridgehead atoms. The average molecular weight is 451 g/mol. The molecule has 33 heavy (non-hydrogen) atoms. The van der Waals surface area contributed by atoms with Crippen molar-refractivity contribution < 1.29 is 29.4 Å². The lowest BCUT2D eigenvalue weighted by molar-refractivity contribution is -0.138. The highest BCUT2D eigenvalue weighted by molar-refractivity contribution is 6.00. The van der Waals surface area contributed by atoms with Crippen LogP contribution in [-0.4, -0.2) is 59.5 Å². The van der Waals surface area contributed by atoms with Gasteiger partial charge in [0, 0.05) is 23.6 Å². The summed E-state index contributed by atoms with van der Waals surface area (Å²) in [5.41, 5.74) is 0.349. The first-order chi connectivity index (χ1) is 15.9. The Kier molecular flexibility index (Phi) is 6.26. The summed E-state index contributed by atoms with van der Waals surface area (Å²) in [7, 11) is 0. The number of hydrogen-bond donors (Lipinski definition) is 5. The molecule has 1 heterocycles. The Bertz CT molecular complexity index is 1070. The predicted octanol–water partition coefficient (Wildman–Crippen LogP) is -0.408. The second-order valence-corrected chi connectivity index (χ2v) is 8.24. The van der Waals surface area contributed by atoms with Crippen LogP contribution in [0, 0.1) is 5.92 Å². The lowest BCUT2D eigenvalue weighted by atomic mass is 9.90. The molecular formula is C24H25N3O6. The quantitative estimate of drug-likeness (QED) is 0.369. The van der Waals surface area contributed by atoms with Gasteiger partial charge in [0.2, 0.25) is 11.8 Å². The van der Waals surface area contributed by atoms with Crippen molar-refractivity contribution in [1.29, 1.82) is 0 Å². The molecule has 0 radical (unpaired) electrons. The van der Waals surface area contributed by atoms with Crippen molar-refractivity contribution in [2.45, 2.75) is 24.5 Å². The van der Waals surface area contributed by atoms with Gasteiger partial charge in [-0.25, -0.2) is 0 Å². The van der Waals surface area contributed by atoms with Crippen molar-refractivity contribution in [2.24, 2.45) is 5.92 Å². The number of hydrogen-bond acceptors (Lipinski definition) is 6. The first-order valence-corrected chi connectivity index (χ1v) is 10.8. The van der Waals surface area contributed by atoms with E-state index in [0.29, 0.717) is 24.1 Å². The summed E-state index contributed by atoms with van der Waals surface area (Å²) in [4.78, 5) is 49.5. The van der Waals surface area contributed by atoms with E-state index in [4.69, 9.17) is 0 Å². The van der Waals surface area contributed by atoms with Crippen LogP contribution in [0.15, 0.2) is 48.5 Å². The number of benzene rings is 2. The summed E-state index contributed by atoms with van der Waals surface area (Å²) in [6.45, 7) is -0.772. The molecule has 3 amide bonds. The largest absolute Gasteiger partial charge is 0.389 e. The number of ketones is 1. The molecule has 1 aliphatic carbocycles. The molecule has 2 atom stereocenters. The first kappa shape index (κ1) is 22.6. The first-order valence-electron chi connectivity index (χ1n) is 10.8. The minimum absolute atomic E-state index is 0.0651. The molecule has 1 aliphatic heterocycles. The standard InChI is InChI=1S/C24H25N3O6/c28-13-20(29)19(11-14-9-10-25-22(14)31)27-21(30)12-26-23(32)24(33)17-7-3-1-5-15(17)16-6-2-4-8-18(16)24/h1-8,14,19,28,33H,9-13H2,(H,25,31)(H,26,32)(H,27,30)/t14?,19-/m0/s1. The number of rotatable bonds is 8. The van der Waals surface area contributed by atoms with Crippen LogP contribution in [0.4, 0.5) is 0 Å². The Labute approximate surface area is 190 Å². The zero-order valence-electron chi connectivity index (χ0n) is 17.8. The maximum Gasteiger partial charge on any atom is 0.261 e. The molecule has 2 aromatic carbocycles. The zero-order chi connectivity index (χ0) is 23.6. The highest BCUT2D eigenvalue weighted by atomic mass is 16.3. The second-order valence-electron chi connectivity index (χ2n) is 8.24. The van der Waals surface area contributed by atoms with Gasteiger partial charge in [-0.1, -0.05) is 48.5 Å². The highest BCUT2D eigenvalue weighted by Gasteiger charge is 2.47. The Morgan fingerprint density at radius 1 is 1.06 bits per heavy atom. The van der Waals surface area contributed by atoms with E-state index >= 15 is 0 Å². The molecular weight excluding hydrogens is 426 g/mol. The molecule has 9 heteroatoms. The average Bonchev–Trinajstić information content (AvgIpc) is 3.36. The summed E-state index contributed by atoms with van der Waals surface area (Å²) in [5, 5.41) is 28.3. The van der Waals surface area contributed by atoms with Gasteiger partial charge in [0.25, 0.3) is 5.91 Å². The summed E-state index contributed by atoms with van der Waals surface area (Å²) in [6.07, 6.45) is 0.599. The van der Waals surface area contributed by atoms with Gasteiger partial charge < -0.3 is 26.2 Å². The lowest BCUT2D eigenvalue weighted by Gasteiger charge is -2.25. The van der Waals surface area contributed by atoms with Crippen LogP contribution in [0.25, 0.3) is 11.1 Å². The smallest absolute Gasteiger partial charge is 0.261 e. The maximum absolute atomic E-state index is 13.1. The molecule has 172 valence electrons. The topological polar surface area (TPSA) is 145 Å². The van der Waals surface area contributed by atoms with Crippen LogP contribution in [0.5, 0.6) is 0 Å². The molecule has 0 spiro atoms. The van der Waals surface area contributed by atoms with Crippen molar-refractivity contribution in [1.82, 2.24) is 16.0 Å². The Morgan fingerprint density at radius 2 is 1.67 bits per heavy atom. The second kappa shape index (κ2) is 9.13. The minimum atomic E-state index is -1.96. The normalized spacial score (nSPS) is 18.6. The number of nitrogens with one attached hydrogen (secondary N) is 3. The van der Waals surface area contributed by atoms with E-state index in [0.717, 1.165) is 11.1 Å². The van der Waals surface area contributed by atoms with Gasteiger partial charge in [0.1, 0.15) is 6.61 Å². The zero-order valence-corrected chi connectivity index (χ0v) is 17.8. The van der Waals surface area contributed by atoms with Crippen LogP contribution < -0.4 is 16.0 Å². The van der Waals surface area contributed by atoms with Crippen molar-refractivity contribution in [3.63, 3.8) is 0 Å². The fourth-order valence-corrected chi connectivity index (χ4v) is 4.53. The molecule has 2 aliphatic rings. The van der Waals surface area contributed by atoms with Gasteiger partial charge in [-0.15, -0.1) is 0 Å². The minimum Gasteiger partial charge on any atom is -0.389 e. The van der Waals surface area contributed by atoms with E-state index < -0.39 is 48.3 Å². The monoisotopic (exact) mass is 451 g/mol. The van der Waals surface area contributed by atoms with Crippen LogP contribution in [0.1, 0.15) is 24.0 Å². The summed E-state index contributed by atoms with van der Waals surface area (Å²) >= 11 is 0. The van der Waals surface area contributed by atoms with Crippen LogP contribution in [0.3, 0.4) is 0 Å². The van der Waals surface area contributed by atoms with Gasteiger partial charge >= 0.3 is 0 Å². The SMILES string of the molecule is O=C(CNC(=O)C1(O)c2ccccc2-c2ccccc21)N[C@@H](CC1CCNC1=O)C(=O)CO. The van der Waals surface area contributed by atoms with Gasteiger partial charge in [-0.2, -0.15) is 0 Å². The third kappa shape index (κ3) is 4.12. The van der Waals surface area contributed by atoms with Crippen LogP contribution in [0.2, 0.25) is 0 Å². The number of carbonyl (C=O) groups excluding carboxylic acids is 4. The van der Waals surface area contributed by atoms with Crippen LogP contribution >= 0.6 is 0 Å². The van der Waals surface area contributed by atoms with Crippen molar-refractivity contribution in [2.75, 3.05) is 19.7 Å². The van der Waals surface area contributed by atoms with E-state index in [-0.39, 0.29) is 12.3 Å². The Balaban J connectivity index is 1.45. The van der Waals surface area contributed by atoms with Gasteiger partial charge in [-0.05, 0) is 24.0 Å². The van der Waals surface area contributed by atoms with E-state index in [1.165, 1.54) is 0 Å². The molecule has 1 unspecified atom stereocenters. The number of Topliss-reactive ketones (excluding diaryl/α,β-unsaturated/α-hetero) is 1. The maximum atomic E-state index is 13.1. The van der Waals surface area contributed by atoms with E-state index in [1.807, 2.05) is 24.3 Å². The molecule has 2 aromatic rings. The third-order valence-corrected chi connectivity index (χ3v) is 6.22. The molecule has 4 rings (SSSR count). The number of carbonyl (C=O) groups is 4. The molecule has 9 nitrogen and oxygen atoms in total. The van der Waals surface area contributed by atoms with Gasteiger partial charge in [0.15, 0.2) is 11.4 Å². The summed E-state index contributed by atoms with van der Waals surface area (Å²) < 4.78 is 0. The fraction of sp³-hybridized carbons (Fsp3) is 0.333. The predicted molar refractivity (Wildman–Crippen MR) is 118 cm³/mol. The third-order valence-electron chi connectivity index (χ3n) is 6.22. The van der Waals surface area contributed by atoms with Crippen molar-refractivity contribution in [3.8, 4) is 11.1 Å². The van der Waals surface area contributed by atoms with Gasteiger partial charge in [0.05, 0.1) is 12.6 Å². The molecule has 0 aromatic heterocycles. The number of aliphatic hydroxyl groups excluding tert-OH is 1. The molecule has 5 N–H and O–H groups in total. The van der Waals surface area contributed by atoms with Gasteiger partial charge in [-0.3, -0.25) is 19.2 Å². The van der Waals surface area contributed by atoms with Crippen molar-refractivity contribution >= 4 is 23.5 Å². The van der Waals surface area contributed by atoms with Crippen molar-refractivity contribution in [3.05, 3.63) is 59.7 Å². The lowest BCUT2D eigenvalue weighted by Crippen LogP contribution is -2.50. The molecule has 1 saturated heterocycles. The number of aliphatic hydroxyl groups is 2. The highest BCUT2D eigenvalue weighted by Crippen LogP contribution is 2.47.